The predicted octanol–water partition coefficient (Wildman–Crippen LogP) is 3.20. The van der Waals surface area contributed by atoms with Gasteiger partial charge < -0.3 is 10.4 Å². The molecule has 27 heavy (non-hydrogen) atoms. The molecule has 3 aromatic carbocycles. The molecule has 0 fully saturated rings. The fraction of sp³-hybridized carbons (Fsp3) is 0.0952. The van der Waals surface area contributed by atoms with E-state index in [1.54, 1.807) is 24.3 Å². The minimum atomic E-state index is -0.892. The van der Waals surface area contributed by atoms with Crippen molar-refractivity contribution in [2.24, 2.45) is 5.10 Å². The number of nitrogens with one attached hydrogen (secondary N) is 2. The molecular weight excluding hydrogens is 342 g/mol. The van der Waals surface area contributed by atoms with Crippen molar-refractivity contribution >= 4 is 34.5 Å². The van der Waals surface area contributed by atoms with E-state index in [0.29, 0.717) is 11.3 Å². The Kier molecular flexibility index (Phi) is 5.47. The Morgan fingerprint density at radius 2 is 1.74 bits per heavy atom. The summed E-state index contributed by atoms with van der Waals surface area (Å²) in [5.74, 6) is -1.67. The predicted molar refractivity (Wildman–Crippen MR) is 106 cm³/mol. The maximum Gasteiger partial charge on any atom is 0.329 e. The minimum Gasteiger partial charge on any atom is -0.507 e. The first-order valence-electron chi connectivity index (χ1n) is 8.53. The first-order valence-corrected chi connectivity index (χ1v) is 8.53. The number of carbonyl (C=O) groups is 2. The fourth-order valence-electron chi connectivity index (χ4n) is 2.76. The molecule has 0 aliphatic rings. The number of fused-ring (bicyclic) bond motifs is 1. The van der Waals surface area contributed by atoms with E-state index in [0.717, 1.165) is 22.8 Å². The van der Waals surface area contributed by atoms with Crippen LogP contribution in [-0.2, 0) is 16.0 Å². The zero-order valence-corrected chi connectivity index (χ0v) is 14.8. The van der Waals surface area contributed by atoms with Crippen molar-refractivity contribution < 1.29 is 14.7 Å². The quantitative estimate of drug-likeness (QED) is 0.379. The third kappa shape index (κ3) is 4.12. The molecule has 0 aromatic heterocycles. The molecule has 0 atom stereocenters. The van der Waals surface area contributed by atoms with Crippen LogP contribution in [0.1, 0.15) is 18.1 Å². The smallest absolute Gasteiger partial charge is 0.329 e. The second-order valence-electron chi connectivity index (χ2n) is 5.88. The van der Waals surface area contributed by atoms with Crippen LogP contribution in [0.2, 0.25) is 0 Å². The van der Waals surface area contributed by atoms with Crippen molar-refractivity contribution in [3.05, 3.63) is 71.8 Å². The van der Waals surface area contributed by atoms with Gasteiger partial charge in [0, 0.05) is 11.3 Å². The van der Waals surface area contributed by atoms with Gasteiger partial charge in [0.25, 0.3) is 0 Å². The molecule has 0 saturated heterocycles. The number of aromatic hydroxyl groups is 1. The van der Waals surface area contributed by atoms with Crippen LogP contribution in [0, 0.1) is 0 Å². The molecule has 0 spiro atoms. The van der Waals surface area contributed by atoms with Crippen LogP contribution in [-0.4, -0.2) is 23.1 Å². The lowest BCUT2D eigenvalue weighted by molar-refractivity contribution is -0.136. The van der Waals surface area contributed by atoms with E-state index in [9.17, 15) is 14.7 Å². The third-order valence-electron chi connectivity index (χ3n) is 4.16. The van der Waals surface area contributed by atoms with Crippen LogP contribution in [0.3, 0.4) is 0 Å². The van der Waals surface area contributed by atoms with Gasteiger partial charge in [0.2, 0.25) is 0 Å². The number of carbonyl (C=O) groups excluding carboxylic acids is 2. The molecular formula is C21H19N3O3. The number of anilines is 1. The van der Waals surface area contributed by atoms with Gasteiger partial charge in [-0.2, -0.15) is 5.10 Å². The average Bonchev–Trinajstić information content (AvgIpc) is 2.69. The van der Waals surface area contributed by atoms with Crippen molar-refractivity contribution in [3.8, 4) is 5.75 Å². The zero-order chi connectivity index (χ0) is 19.2. The molecule has 3 rings (SSSR count). The third-order valence-corrected chi connectivity index (χ3v) is 4.16. The Balaban J connectivity index is 1.70. The molecule has 0 bridgehead atoms. The molecule has 0 aliphatic heterocycles. The van der Waals surface area contributed by atoms with E-state index in [4.69, 9.17) is 0 Å². The number of hydrogen-bond donors (Lipinski definition) is 3. The summed E-state index contributed by atoms with van der Waals surface area (Å²) in [6, 6.07) is 18.1. The second-order valence-corrected chi connectivity index (χ2v) is 5.88. The molecule has 0 radical (unpaired) electrons. The van der Waals surface area contributed by atoms with E-state index in [-0.39, 0.29) is 5.75 Å². The summed E-state index contributed by atoms with van der Waals surface area (Å²) in [5, 5.41) is 18.2. The highest BCUT2D eigenvalue weighted by atomic mass is 16.3. The monoisotopic (exact) mass is 361 g/mol. The maximum absolute atomic E-state index is 12.1. The van der Waals surface area contributed by atoms with Crippen molar-refractivity contribution in [1.82, 2.24) is 5.43 Å². The molecule has 2 amide bonds. The Labute approximate surface area is 156 Å². The number of benzene rings is 3. The van der Waals surface area contributed by atoms with Gasteiger partial charge in [-0.15, -0.1) is 0 Å². The lowest BCUT2D eigenvalue weighted by Crippen LogP contribution is -2.32. The van der Waals surface area contributed by atoms with E-state index in [2.05, 4.69) is 15.8 Å². The largest absolute Gasteiger partial charge is 0.507 e. The van der Waals surface area contributed by atoms with Crippen molar-refractivity contribution in [2.75, 3.05) is 5.32 Å². The average molecular weight is 361 g/mol. The molecule has 0 heterocycles. The Morgan fingerprint density at radius 3 is 2.56 bits per heavy atom. The van der Waals surface area contributed by atoms with Gasteiger partial charge in [0.15, 0.2) is 0 Å². The summed E-state index contributed by atoms with van der Waals surface area (Å²) < 4.78 is 0. The highest BCUT2D eigenvalue weighted by Crippen LogP contribution is 2.25. The van der Waals surface area contributed by atoms with Crippen LogP contribution >= 0.6 is 0 Å². The SMILES string of the molecule is CCc1ccccc1NC(=O)C(=O)N/N=C/c1c(O)ccc2ccccc12. The van der Waals surface area contributed by atoms with Gasteiger partial charge in [0.05, 0.1) is 6.21 Å². The number of nitrogens with zero attached hydrogens (tertiary/aromatic N) is 1. The molecule has 0 unspecified atom stereocenters. The number of hydrazone groups is 1. The number of phenolic OH excluding ortho intramolecular Hbond substituents is 1. The van der Waals surface area contributed by atoms with Crippen molar-refractivity contribution in [3.63, 3.8) is 0 Å². The van der Waals surface area contributed by atoms with Gasteiger partial charge in [-0.1, -0.05) is 55.5 Å². The molecule has 0 saturated carbocycles. The van der Waals surface area contributed by atoms with Crippen LogP contribution < -0.4 is 10.7 Å². The van der Waals surface area contributed by atoms with Gasteiger partial charge in [0.1, 0.15) is 5.75 Å². The van der Waals surface area contributed by atoms with E-state index in [1.807, 2.05) is 43.3 Å². The lowest BCUT2D eigenvalue weighted by atomic mass is 10.0. The van der Waals surface area contributed by atoms with Crippen LogP contribution in [0.5, 0.6) is 5.75 Å². The highest BCUT2D eigenvalue weighted by Gasteiger charge is 2.14. The topological polar surface area (TPSA) is 90.8 Å². The number of hydrogen-bond acceptors (Lipinski definition) is 4. The number of phenols is 1. The van der Waals surface area contributed by atoms with Gasteiger partial charge >= 0.3 is 11.8 Å². The zero-order valence-electron chi connectivity index (χ0n) is 14.8. The molecule has 3 N–H and O–H groups in total. The normalized spacial score (nSPS) is 10.9. The molecule has 136 valence electrons. The number of para-hydroxylation sites is 1. The summed E-state index contributed by atoms with van der Waals surface area (Å²) in [4.78, 5) is 24.0. The molecule has 6 nitrogen and oxygen atoms in total. The van der Waals surface area contributed by atoms with Crippen LogP contribution in [0.25, 0.3) is 10.8 Å². The number of amides is 2. The van der Waals surface area contributed by atoms with Gasteiger partial charge in [-0.3, -0.25) is 9.59 Å². The van der Waals surface area contributed by atoms with E-state index < -0.39 is 11.8 Å². The summed E-state index contributed by atoms with van der Waals surface area (Å²) in [6.45, 7) is 1.96. The second kappa shape index (κ2) is 8.14. The van der Waals surface area contributed by atoms with Crippen LogP contribution in [0.15, 0.2) is 65.8 Å². The Hall–Kier alpha value is -3.67. The molecule has 0 aliphatic carbocycles. The van der Waals surface area contributed by atoms with E-state index >= 15 is 0 Å². The first kappa shape index (κ1) is 18.1. The standard InChI is InChI=1S/C21H19N3O3/c1-2-14-7-4-6-10-18(14)23-20(26)21(27)24-22-13-17-16-9-5-3-8-15(16)11-12-19(17)25/h3-13,25H,2H2,1H3,(H,23,26)(H,24,27)/b22-13+. The Morgan fingerprint density at radius 1 is 1.00 bits per heavy atom. The summed E-state index contributed by atoms with van der Waals surface area (Å²) in [5.41, 5.74) is 4.18. The lowest BCUT2D eigenvalue weighted by Gasteiger charge is -2.08. The fourth-order valence-corrected chi connectivity index (χ4v) is 2.76. The minimum absolute atomic E-state index is 0.0352. The Bertz CT molecular complexity index is 1030. The van der Waals surface area contributed by atoms with Crippen molar-refractivity contribution in [1.29, 1.82) is 0 Å². The summed E-state index contributed by atoms with van der Waals surface area (Å²) in [7, 11) is 0. The van der Waals surface area contributed by atoms with Crippen molar-refractivity contribution in [2.45, 2.75) is 13.3 Å². The summed E-state index contributed by atoms with van der Waals surface area (Å²) >= 11 is 0. The molecule has 6 heteroatoms. The van der Waals surface area contributed by atoms with Crippen LogP contribution in [0.4, 0.5) is 5.69 Å². The summed E-state index contributed by atoms with van der Waals surface area (Å²) in [6.07, 6.45) is 2.05. The number of rotatable bonds is 4. The van der Waals surface area contributed by atoms with Gasteiger partial charge in [-0.25, -0.2) is 5.43 Å². The highest BCUT2D eigenvalue weighted by molar-refractivity contribution is 6.39. The number of aryl methyl sites for hydroxylation is 1. The van der Waals surface area contributed by atoms with E-state index in [1.165, 1.54) is 6.21 Å². The molecule has 3 aromatic rings. The first-order chi connectivity index (χ1) is 13.1. The maximum atomic E-state index is 12.1. The van der Waals surface area contributed by atoms with Gasteiger partial charge in [-0.05, 0) is 34.9 Å².